The smallest absolute Gasteiger partial charge is 0.261 e. The van der Waals surface area contributed by atoms with Gasteiger partial charge in [0.2, 0.25) is 5.91 Å². The highest BCUT2D eigenvalue weighted by Gasteiger charge is 2.29. The highest BCUT2D eigenvalue weighted by atomic mass is 35.5. The molecule has 0 saturated carbocycles. The fourth-order valence-electron chi connectivity index (χ4n) is 3.45. The summed E-state index contributed by atoms with van der Waals surface area (Å²) in [6.45, 7) is 9.58. The monoisotopic (exact) mass is 460 g/mol. The molecule has 0 aliphatic carbocycles. The Morgan fingerprint density at radius 3 is 2.16 bits per heavy atom. The van der Waals surface area contributed by atoms with E-state index in [0.29, 0.717) is 17.2 Å². The first-order chi connectivity index (χ1) is 15.2. The highest BCUT2D eigenvalue weighted by molar-refractivity contribution is 6.32. The van der Waals surface area contributed by atoms with Gasteiger partial charge in [0.15, 0.2) is 6.61 Å². The van der Waals surface area contributed by atoms with Gasteiger partial charge in [0, 0.05) is 17.6 Å². The maximum absolute atomic E-state index is 13.2. The maximum Gasteiger partial charge on any atom is 0.261 e. The fourth-order valence-corrected chi connectivity index (χ4v) is 3.55. The summed E-state index contributed by atoms with van der Waals surface area (Å²) in [5, 5.41) is 3.60. The Bertz CT molecular complexity index is 905. The summed E-state index contributed by atoms with van der Waals surface area (Å²) in [4.78, 5) is 27.7. The third-order valence-electron chi connectivity index (χ3n) is 5.10. The summed E-state index contributed by atoms with van der Waals surface area (Å²) in [5.41, 5.74) is 2.66. The predicted octanol–water partition coefficient (Wildman–Crippen LogP) is 4.68. The van der Waals surface area contributed by atoms with Crippen molar-refractivity contribution in [2.24, 2.45) is 0 Å². The van der Waals surface area contributed by atoms with Gasteiger partial charge in [-0.15, -0.1) is 0 Å². The van der Waals surface area contributed by atoms with Gasteiger partial charge in [-0.3, -0.25) is 9.59 Å². The molecule has 0 unspecified atom stereocenters. The Hall–Kier alpha value is -2.73. The van der Waals surface area contributed by atoms with E-state index in [9.17, 15) is 9.59 Å². The summed E-state index contributed by atoms with van der Waals surface area (Å²) in [5.74, 6) is 0.856. The van der Waals surface area contributed by atoms with Gasteiger partial charge in [0.1, 0.15) is 17.5 Å². The van der Waals surface area contributed by atoms with Crippen LogP contribution in [0.5, 0.6) is 11.5 Å². The van der Waals surface area contributed by atoms with Gasteiger partial charge in [0.05, 0.1) is 7.11 Å². The van der Waals surface area contributed by atoms with E-state index < -0.39 is 6.04 Å². The lowest BCUT2D eigenvalue weighted by Gasteiger charge is -2.31. The Balaban J connectivity index is 2.24. The summed E-state index contributed by atoms with van der Waals surface area (Å²) >= 11 is 6.23. The average Bonchev–Trinajstić information content (AvgIpc) is 2.75. The second-order valence-electron chi connectivity index (χ2n) is 8.12. The molecule has 0 spiro atoms. The van der Waals surface area contributed by atoms with E-state index in [1.54, 1.807) is 24.1 Å². The Kier molecular flexibility index (Phi) is 9.39. The first kappa shape index (κ1) is 25.5. The minimum Gasteiger partial charge on any atom is -0.497 e. The van der Waals surface area contributed by atoms with E-state index >= 15 is 0 Å². The topological polar surface area (TPSA) is 67.9 Å². The van der Waals surface area contributed by atoms with Crippen LogP contribution in [-0.4, -0.2) is 42.5 Å². The zero-order valence-corrected chi connectivity index (χ0v) is 20.5. The molecule has 6 nitrogen and oxygen atoms in total. The van der Waals surface area contributed by atoms with Gasteiger partial charge in [-0.1, -0.05) is 30.7 Å². The molecule has 174 valence electrons. The molecule has 2 aromatic carbocycles. The number of rotatable bonds is 10. The molecule has 2 amide bonds. The number of ether oxygens (including phenoxy) is 2. The summed E-state index contributed by atoms with van der Waals surface area (Å²) < 4.78 is 11.0. The number of hydrogen-bond acceptors (Lipinski definition) is 4. The van der Waals surface area contributed by atoms with E-state index in [2.05, 4.69) is 5.32 Å². The van der Waals surface area contributed by atoms with Crippen molar-refractivity contribution < 1.29 is 19.1 Å². The Morgan fingerprint density at radius 1 is 1.06 bits per heavy atom. The standard InChI is InChI=1S/C25H33ClN2O4/c1-7-22(25(30)27-16(2)3)28(14-19-8-10-20(31-6)11-9-19)23(29)15-32-21-12-17(4)24(26)18(5)13-21/h8-13,16,22H,7,14-15H2,1-6H3,(H,27,30)/t22-/m0/s1. The predicted molar refractivity (Wildman–Crippen MR) is 127 cm³/mol. The van der Waals surface area contributed by atoms with Crippen molar-refractivity contribution in [2.45, 2.75) is 59.7 Å². The number of carbonyl (C=O) groups is 2. The molecule has 1 atom stereocenters. The summed E-state index contributed by atoms with van der Waals surface area (Å²) in [7, 11) is 1.60. The number of halogens is 1. The number of amides is 2. The van der Waals surface area contributed by atoms with E-state index in [-0.39, 0.29) is 31.0 Å². The lowest BCUT2D eigenvalue weighted by molar-refractivity contribution is -0.143. The number of aryl methyl sites for hydroxylation is 2. The van der Waals surface area contributed by atoms with Gasteiger partial charge in [0.25, 0.3) is 5.91 Å². The molecular weight excluding hydrogens is 428 g/mol. The molecule has 32 heavy (non-hydrogen) atoms. The number of nitrogens with one attached hydrogen (secondary N) is 1. The molecule has 0 fully saturated rings. The number of benzene rings is 2. The second kappa shape index (κ2) is 11.8. The third kappa shape index (κ3) is 6.89. The number of carbonyl (C=O) groups excluding carboxylic acids is 2. The Morgan fingerprint density at radius 2 is 1.66 bits per heavy atom. The molecule has 7 heteroatoms. The SMILES string of the molecule is CC[C@@H](C(=O)NC(C)C)N(Cc1ccc(OC)cc1)C(=O)COc1cc(C)c(Cl)c(C)c1. The van der Waals surface area contributed by atoms with E-state index in [4.69, 9.17) is 21.1 Å². The van der Waals surface area contributed by atoms with Crippen LogP contribution < -0.4 is 14.8 Å². The minimum atomic E-state index is -0.607. The van der Waals surface area contributed by atoms with E-state index in [0.717, 1.165) is 22.4 Å². The molecule has 0 saturated heterocycles. The van der Waals surface area contributed by atoms with Crippen LogP contribution in [0, 0.1) is 13.8 Å². The van der Waals surface area contributed by atoms with E-state index in [1.807, 2.05) is 58.9 Å². The molecule has 0 bridgehead atoms. The quantitative estimate of drug-likeness (QED) is 0.559. The van der Waals surface area contributed by atoms with Crippen molar-refractivity contribution in [3.05, 3.63) is 58.1 Å². The summed E-state index contributed by atoms with van der Waals surface area (Å²) in [6.07, 6.45) is 0.486. The Labute approximate surface area is 195 Å². The molecule has 0 radical (unpaired) electrons. The van der Waals surface area contributed by atoms with Crippen LogP contribution in [0.15, 0.2) is 36.4 Å². The van der Waals surface area contributed by atoms with Gasteiger partial charge in [-0.25, -0.2) is 0 Å². The molecular formula is C25H33ClN2O4. The first-order valence-electron chi connectivity index (χ1n) is 10.8. The van der Waals surface area contributed by atoms with Gasteiger partial charge >= 0.3 is 0 Å². The third-order valence-corrected chi connectivity index (χ3v) is 5.70. The van der Waals surface area contributed by atoms with Crippen LogP contribution >= 0.6 is 11.6 Å². The molecule has 0 aromatic heterocycles. The first-order valence-corrected chi connectivity index (χ1v) is 11.2. The zero-order valence-electron chi connectivity index (χ0n) is 19.7. The van der Waals surface area contributed by atoms with Crippen molar-refractivity contribution in [2.75, 3.05) is 13.7 Å². The van der Waals surface area contributed by atoms with Crippen LogP contribution in [-0.2, 0) is 16.1 Å². The van der Waals surface area contributed by atoms with Crippen molar-refractivity contribution in [1.82, 2.24) is 10.2 Å². The van der Waals surface area contributed by atoms with Crippen molar-refractivity contribution in [1.29, 1.82) is 0 Å². The zero-order chi connectivity index (χ0) is 23.8. The summed E-state index contributed by atoms with van der Waals surface area (Å²) in [6, 6.07) is 10.4. The highest BCUT2D eigenvalue weighted by Crippen LogP contribution is 2.26. The largest absolute Gasteiger partial charge is 0.497 e. The van der Waals surface area contributed by atoms with Crippen molar-refractivity contribution >= 4 is 23.4 Å². The van der Waals surface area contributed by atoms with E-state index in [1.165, 1.54) is 0 Å². The molecule has 0 aliphatic rings. The number of methoxy groups -OCH3 is 1. The van der Waals surface area contributed by atoms with Gasteiger partial charge < -0.3 is 19.7 Å². The van der Waals surface area contributed by atoms with Gasteiger partial charge in [-0.2, -0.15) is 0 Å². The van der Waals surface area contributed by atoms with Crippen LogP contribution in [0.1, 0.15) is 43.9 Å². The minimum absolute atomic E-state index is 0.0224. The molecule has 2 aromatic rings. The molecule has 2 rings (SSSR count). The molecule has 1 N–H and O–H groups in total. The molecule has 0 heterocycles. The van der Waals surface area contributed by atoms with Crippen molar-refractivity contribution in [3.8, 4) is 11.5 Å². The lowest BCUT2D eigenvalue weighted by Crippen LogP contribution is -2.51. The second-order valence-corrected chi connectivity index (χ2v) is 8.49. The van der Waals surface area contributed by atoms with Crippen molar-refractivity contribution in [3.63, 3.8) is 0 Å². The van der Waals surface area contributed by atoms with Crippen LogP contribution in [0.25, 0.3) is 0 Å². The maximum atomic E-state index is 13.2. The average molecular weight is 461 g/mol. The number of nitrogens with zero attached hydrogens (tertiary/aromatic N) is 1. The number of hydrogen-bond donors (Lipinski definition) is 1. The van der Waals surface area contributed by atoms with Crippen LogP contribution in [0.4, 0.5) is 0 Å². The lowest BCUT2D eigenvalue weighted by atomic mass is 10.1. The van der Waals surface area contributed by atoms with Crippen LogP contribution in [0.2, 0.25) is 5.02 Å². The van der Waals surface area contributed by atoms with Crippen LogP contribution in [0.3, 0.4) is 0 Å². The fraction of sp³-hybridized carbons (Fsp3) is 0.440. The molecule has 0 aliphatic heterocycles. The van der Waals surface area contributed by atoms with Gasteiger partial charge in [-0.05, 0) is 75.1 Å². The normalized spacial score (nSPS) is 11.8.